The summed E-state index contributed by atoms with van der Waals surface area (Å²) in [6.45, 7) is 5.82. The molecule has 1 saturated heterocycles. The number of ether oxygens (including phenoxy) is 1. The molecular formula is C17H22N2O2. The maximum Gasteiger partial charge on any atom is 0.309 e. The van der Waals surface area contributed by atoms with Gasteiger partial charge in [0.25, 0.3) is 0 Å². The van der Waals surface area contributed by atoms with E-state index in [1.807, 2.05) is 38.1 Å². The number of nitriles is 1. The molecule has 0 saturated carbocycles. The maximum atomic E-state index is 11.7. The number of likely N-dealkylation sites (tertiary alicyclic amines) is 1. The number of hydrogen-bond donors (Lipinski definition) is 0. The lowest BCUT2D eigenvalue weighted by atomic mass is 9.94. The minimum absolute atomic E-state index is 0.0152. The van der Waals surface area contributed by atoms with Crippen LogP contribution in [0, 0.1) is 24.2 Å². The normalized spacial score (nSPS) is 18.0. The van der Waals surface area contributed by atoms with Crippen molar-refractivity contribution in [3.8, 4) is 6.07 Å². The summed E-state index contributed by atoms with van der Waals surface area (Å²) in [6.07, 6.45) is 1.53. The first kappa shape index (κ1) is 15.5. The number of nitrogens with zero attached hydrogens (tertiary/aromatic N) is 2. The fraction of sp³-hybridized carbons (Fsp3) is 0.529. The van der Waals surface area contributed by atoms with Crippen LogP contribution in [0.15, 0.2) is 24.3 Å². The fourth-order valence-corrected chi connectivity index (χ4v) is 2.77. The van der Waals surface area contributed by atoms with Crippen LogP contribution in [-0.4, -0.2) is 30.6 Å². The van der Waals surface area contributed by atoms with E-state index in [0.29, 0.717) is 6.61 Å². The highest BCUT2D eigenvalue weighted by atomic mass is 16.5. The highest BCUT2D eigenvalue weighted by Crippen LogP contribution is 2.27. The number of piperidine rings is 1. The predicted octanol–water partition coefficient (Wildman–Crippen LogP) is 2.83. The van der Waals surface area contributed by atoms with Gasteiger partial charge >= 0.3 is 5.97 Å². The Morgan fingerprint density at radius 2 is 2.00 bits per heavy atom. The van der Waals surface area contributed by atoms with Gasteiger partial charge in [0.15, 0.2) is 0 Å². The van der Waals surface area contributed by atoms with E-state index in [-0.39, 0.29) is 17.9 Å². The van der Waals surface area contributed by atoms with E-state index in [2.05, 4.69) is 11.0 Å². The molecule has 1 heterocycles. The van der Waals surface area contributed by atoms with Crippen molar-refractivity contribution in [2.24, 2.45) is 5.92 Å². The van der Waals surface area contributed by atoms with Gasteiger partial charge in [-0.2, -0.15) is 5.26 Å². The summed E-state index contributed by atoms with van der Waals surface area (Å²) < 4.78 is 5.08. The third-order valence-electron chi connectivity index (χ3n) is 4.03. The monoisotopic (exact) mass is 286 g/mol. The molecule has 1 aliphatic rings. The third-order valence-corrected chi connectivity index (χ3v) is 4.03. The molecule has 112 valence electrons. The summed E-state index contributed by atoms with van der Waals surface area (Å²) >= 11 is 0. The van der Waals surface area contributed by atoms with Gasteiger partial charge in [-0.15, -0.1) is 0 Å². The second-order valence-electron chi connectivity index (χ2n) is 5.50. The summed E-state index contributed by atoms with van der Waals surface area (Å²) in [5, 5.41) is 9.48. The van der Waals surface area contributed by atoms with Gasteiger partial charge in [-0.3, -0.25) is 9.69 Å². The number of benzene rings is 1. The van der Waals surface area contributed by atoms with Gasteiger partial charge in [0.1, 0.15) is 6.04 Å². The molecular weight excluding hydrogens is 264 g/mol. The third kappa shape index (κ3) is 3.83. The molecule has 0 bridgehead atoms. The molecule has 1 aromatic rings. The minimum Gasteiger partial charge on any atom is -0.466 e. The second kappa shape index (κ2) is 7.24. The zero-order chi connectivity index (χ0) is 15.2. The second-order valence-corrected chi connectivity index (χ2v) is 5.50. The fourth-order valence-electron chi connectivity index (χ4n) is 2.77. The Balaban J connectivity index is 1.98. The van der Waals surface area contributed by atoms with Crippen molar-refractivity contribution >= 4 is 5.97 Å². The van der Waals surface area contributed by atoms with Gasteiger partial charge in [-0.1, -0.05) is 29.8 Å². The van der Waals surface area contributed by atoms with Crippen LogP contribution in [-0.2, 0) is 9.53 Å². The van der Waals surface area contributed by atoms with Crippen LogP contribution in [0.1, 0.15) is 36.9 Å². The number of carbonyl (C=O) groups excluding carboxylic acids is 1. The highest BCUT2D eigenvalue weighted by Gasteiger charge is 2.30. The zero-order valence-corrected chi connectivity index (χ0v) is 12.7. The number of esters is 1. The van der Waals surface area contributed by atoms with Crippen molar-refractivity contribution < 1.29 is 9.53 Å². The molecule has 1 aliphatic heterocycles. The molecule has 2 rings (SSSR count). The van der Waals surface area contributed by atoms with E-state index >= 15 is 0 Å². The van der Waals surface area contributed by atoms with Gasteiger partial charge in [0.2, 0.25) is 0 Å². The molecule has 1 fully saturated rings. The van der Waals surface area contributed by atoms with Gasteiger partial charge < -0.3 is 4.74 Å². The van der Waals surface area contributed by atoms with Crippen LogP contribution in [0.25, 0.3) is 0 Å². The van der Waals surface area contributed by atoms with Crippen LogP contribution < -0.4 is 0 Å². The Hall–Kier alpha value is -1.86. The average molecular weight is 286 g/mol. The summed E-state index contributed by atoms with van der Waals surface area (Å²) in [4.78, 5) is 13.9. The minimum atomic E-state index is -0.228. The SMILES string of the molecule is CCOC(=O)C1CCN([C@@H](C#N)c2ccc(C)cc2)CC1. The Bertz CT molecular complexity index is 511. The molecule has 1 aromatic carbocycles. The number of rotatable bonds is 4. The molecule has 4 heteroatoms. The molecule has 0 unspecified atom stereocenters. The first-order valence-electron chi connectivity index (χ1n) is 7.52. The van der Waals surface area contributed by atoms with Gasteiger partial charge in [0.05, 0.1) is 18.6 Å². The molecule has 0 spiro atoms. The Morgan fingerprint density at radius 1 is 1.38 bits per heavy atom. The van der Waals surface area contributed by atoms with E-state index in [1.54, 1.807) is 0 Å². The van der Waals surface area contributed by atoms with Gasteiger partial charge in [-0.25, -0.2) is 0 Å². The summed E-state index contributed by atoms with van der Waals surface area (Å²) in [5.74, 6) is -0.112. The van der Waals surface area contributed by atoms with Crippen molar-refractivity contribution in [1.82, 2.24) is 4.90 Å². The van der Waals surface area contributed by atoms with E-state index in [1.165, 1.54) is 5.56 Å². The lowest BCUT2D eigenvalue weighted by Gasteiger charge is -2.33. The topological polar surface area (TPSA) is 53.3 Å². The van der Waals surface area contributed by atoms with E-state index < -0.39 is 0 Å². The van der Waals surface area contributed by atoms with E-state index in [9.17, 15) is 10.1 Å². The van der Waals surface area contributed by atoms with Crippen molar-refractivity contribution in [1.29, 1.82) is 5.26 Å². The smallest absolute Gasteiger partial charge is 0.309 e. The molecule has 0 aromatic heterocycles. The molecule has 4 nitrogen and oxygen atoms in total. The highest BCUT2D eigenvalue weighted by molar-refractivity contribution is 5.72. The van der Waals surface area contributed by atoms with Crippen molar-refractivity contribution in [3.05, 3.63) is 35.4 Å². The Labute approximate surface area is 126 Å². The van der Waals surface area contributed by atoms with Crippen LogP contribution >= 0.6 is 0 Å². The zero-order valence-electron chi connectivity index (χ0n) is 12.7. The summed E-state index contributed by atoms with van der Waals surface area (Å²) in [6, 6.07) is 10.3. The van der Waals surface area contributed by atoms with E-state index in [4.69, 9.17) is 4.74 Å². The van der Waals surface area contributed by atoms with Crippen LogP contribution in [0.2, 0.25) is 0 Å². The molecule has 1 atom stereocenters. The Morgan fingerprint density at radius 3 is 2.52 bits per heavy atom. The maximum absolute atomic E-state index is 11.7. The van der Waals surface area contributed by atoms with Gasteiger partial charge in [0, 0.05) is 13.1 Å². The molecule has 0 amide bonds. The largest absolute Gasteiger partial charge is 0.466 e. The molecule has 0 N–H and O–H groups in total. The quantitative estimate of drug-likeness (QED) is 0.799. The summed E-state index contributed by atoms with van der Waals surface area (Å²) in [7, 11) is 0. The van der Waals surface area contributed by atoms with Crippen LogP contribution in [0.3, 0.4) is 0 Å². The lowest BCUT2D eigenvalue weighted by Crippen LogP contribution is -2.38. The number of hydrogen-bond acceptors (Lipinski definition) is 4. The van der Waals surface area contributed by atoms with E-state index in [0.717, 1.165) is 31.5 Å². The molecule has 21 heavy (non-hydrogen) atoms. The summed E-state index contributed by atoms with van der Waals surface area (Å²) in [5.41, 5.74) is 2.22. The molecule has 0 radical (unpaired) electrons. The van der Waals surface area contributed by atoms with Crippen molar-refractivity contribution in [2.75, 3.05) is 19.7 Å². The number of carbonyl (C=O) groups is 1. The number of aryl methyl sites for hydroxylation is 1. The molecule has 0 aliphatic carbocycles. The first-order valence-corrected chi connectivity index (χ1v) is 7.52. The standard InChI is InChI=1S/C17H22N2O2/c1-3-21-17(20)15-8-10-19(11-9-15)16(12-18)14-6-4-13(2)5-7-14/h4-7,15-16H,3,8-11H2,1-2H3/t16-/m0/s1. The first-order chi connectivity index (χ1) is 10.2. The lowest BCUT2D eigenvalue weighted by molar-refractivity contribution is -0.149. The van der Waals surface area contributed by atoms with Crippen molar-refractivity contribution in [2.45, 2.75) is 32.7 Å². The average Bonchev–Trinajstić information content (AvgIpc) is 2.51. The predicted molar refractivity (Wildman–Crippen MR) is 80.5 cm³/mol. The van der Waals surface area contributed by atoms with Gasteiger partial charge in [-0.05, 0) is 32.3 Å². The van der Waals surface area contributed by atoms with Crippen LogP contribution in [0.4, 0.5) is 0 Å². The van der Waals surface area contributed by atoms with Crippen LogP contribution in [0.5, 0.6) is 0 Å². The Kier molecular flexibility index (Phi) is 5.35. The van der Waals surface area contributed by atoms with Crippen molar-refractivity contribution in [3.63, 3.8) is 0 Å².